The summed E-state index contributed by atoms with van der Waals surface area (Å²) in [5.41, 5.74) is 0. The molecule has 11 heteroatoms. The maximum atomic E-state index is 13.0. The molecule has 2 nitrogen and oxygen atoms in total. The lowest BCUT2D eigenvalue weighted by Gasteiger charge is -2.32. The lowest BCUT2D eigenvalue weighted by molar-refractivity contribution is -0.390. The first-order valence-electron chi connectivity index (χ1n) is 6.10. The molecule has 0 heterocycles. The van der Waals surface area contributed by atoms with E-state index in [4.69, 9.17) is 0 Å². The summed E-state index contributed by atoms with van der Waals surface area (Å²) in [6.45, 7) is 0.988. The summed E-state index contributed by atoms with van der Waals surface area (Å²) in [5.74, 6) is -23.5. The van der Waals surface area contributed by atoms with Gasteiger partial charge in [0.25, 0.3) is 0 Å². The average Bonchev–Trinajstić information content (AvgIpc) is 2.36. The number of rotatable bonds is 8. The van der Waals surface area contributed by atoms with Crippen LogP contribution in [0, 0.1) is 0 Å². The van der Waals surface area contributed by atoms with Gasteiger partial charge in [-0.1, -0.05) is 26.2 Å². The van der Waals surface area contributed by atoms with Gasteiger partial charge in [-0.05, 0) is 6.42 Å². The van der Waals surface area contributed by atoms with Crippen molar-refractivity contribution in [2.45, 2.75) is 56.6 Å². The predicted octanol–water partition coefficient (Wildman–Crippen LogP) is 4.58. The Kier molecular flexibility index (Phi) is 6.58. The fraction of sp³-hybridized carbons (Fsp3) is 0.909. The third-order valence-corrected chi connectivity index (χ3v) is 2.63. The zero-order valence-corrected chi connectivity index (χ0v) is 11.3. The number of esters is 1. The Hall–Kier alpha value is -1.16. The average molecular weight is 348 g/mol. The molecular formula is C11H13F9O2. The van der Waals surface area contributed by atoms with Crippen LogP contribution >= 0.6 is 0 Å². The Bertz CT molecular complexity index is 376. The van der Waals surface area contributed by atoms with Crippen LogP contribution in [0.1, 0.15) is 32.6 Å². The van der Waals surface area contributed by atoms with Crippen LogP contribution in [0.3, 0.4) is 0 Å². The Morgan fingerprint density at radius 3 is 1.73 bits per heavy atom. The van der Waals surface area contributed by atoms with E-state index in [0.717, 1.165) is 0 Å². The van der Waals surface area contributed by atoms with Crippen molar-refractivity contribution in [3.8, 4) is 0 Å². The SMILES string of the molecule is CCCCCCOC(=O)C(F)(F)C(F)(F)C(F)(F)C(F)(F)F. The van der Waals surface area contributed by atoms with Crippen molar-refractivity contribution in [2.75, 3.05) is 6.61 Å². The molecule has 0 bridgehead atoms. The topological polar surface area (TPSA) is 26.3 Å². The Morgan fingerprint density at radius 2 is 1.32 bits per heavy atom. The number of carbonyl (C=O) groups excluding carboxylic acids is 1. The summed E-state index contributed by atoms with van der Waals surface area (Å²) in [7, 11) is 0. The monoisotopic (exact) mass is 348 g/mol. The van der Waals surface area contributed by atoms with Gasteiger partial charge in [-0.25, -0.2) is 4.79 Å². The summed E-state index contributed by atoms with van der Waals surface area (Å²) in [6, 6.07) is 0. The Labute approximate surface area is 119 Å². The fourth-order valence-electron chi connectivity index (χ4n) is 1.29. The number of alkyl halides is 9. The molecule has 0 saturated carbocycles. The largest absolute Gasteiger partial charge is 0.461 e. The highest BCUT2D eigenvalue weighted by atomic mass is 19.4. The fourth-order valence-corrected chi connectivity index (χ4v) is 1.29. The smallest absolute Gasteiger partial charge is 0.460 e. The first-order chi connectivity index (χ1) is 9.73. The number of ether oxygens (including phenoxy) is 1. The van der Waals surface area contributed by atoms with Crippen LogP contribution < -0.4 is 0 Å². The third kappa shape index (κ3) is 3.97. The van der Waals surface area contributed by atoms with E-state index in [2.05, 4.69) is 4.74 Å². The van der Waals surface area contributed by atoms with Crippen LogP contribution in [0.2, 0.25) is 0 Å². The second-order valence-corrected chi connectivity index (χ2v) is 4.42. The van der Waals surface area contributed by atoms with Gasteiger partial charge in [0.05, 0.1) is 6.61 Å². The molecule has 0 saturated heterocycles. The predicted molar refractivity (Wildman–Crippen MR) is 56.0 cm³/mol. The van der Waals surface area contributed by atoms with Crippen LogP contribution in [-0.2, 0) is 9.53 Å². The summed E-state index contributed by atoms with van der Waals surface area (Å²) in [6.07, 6.45) is -5.28. The van der Waals surface area contributed by atoms with Crippen molar-refractivity contribution in [1.82, 2.24) is 0 Å². The highest BCUT2D eigenvalue weighted by molar-refractivity contribution is 5.79. The van der Waals surface area contributed by atoms with Gasteiger partial charge in [-0.15, -0.1) is 0 Å². The molecule has 0 unspecified atom stereocenters. The van der Waals surface area contributed by atoms with Gasteiger partial charge in [0.15, 0.2) is 0 Å². The van der Waals surface area contributed by atoms with Gasteiger partial charge in [-0.3, -0.25) is 0 Å². The van der Waals surface area contributed by atoms with Crippen molar-refractivity contribution >= 4 is 5.97 Å². The first-order valence-corrected chi connectivity index (χ1v) is 6.10. The van der Waals surface area contributed by atoms with Crippen LogP contribution in [0.4, 0.5) is 39.5 Å². The standard InChI is InChI=1S/C11H13F9O2/c1-2-3-4-5-6-22-7(21)8(12,13)9(14,15)10(16,17)11(18,19)20/h2-6H2,1H3. The van der Waals surface area contributed by atoms with E-state index in [0.29, 0.717) is 19.3 Å². The minimum atomic E-state index is -7.09. The molecule has 0 aromatic heterocycles. The molecule has 0 aromatic rings. The minimum Gasteiger partial charge on any atom is -0.461 e. The molecule has 0 aliphatic rings. The molecular weight excluding hydrogens is 335 g/mol. The van der Waals surface area contributed by atoms with E-state index in [1.54, 1.807) is 6.92 Å². The quantitative estimate of drug-likeness (QED) is 0.365. The second-order valence-electron chi connectivity index (χ2n) is 4.42. The lowest BCUT2D eigenvalue weighted by atomic mass is 10.0. The highest BCUT2D eigenvalue weighted by Gasteiger charge is 2.84. The van der Waals surface area contributed by atoms with E-state index in [1.807, 2.05) is 0 Å². The zero-order valence-electron chi connectivity index (χ0n) is 11.3. The van der Waals surface area contributed by atoms with Crippen molar-refractivity contribution in [1.29, 1.82) is 0 Å². The molecule has 0 radical (unpaired) electrons. The maximum absolute atomic E-state index is 13.0. The second kappa shape index (κ2) is 6.95. The molecule has 0 spiro atoms. The molecule has 0 aliphatic heterocycles. The summed E-state index contributed by atoms with van der Waals surface area (Å²) >= 11 is 0. The molecule has 0 aromatic carbocycles. The Morgan fingerprint density at radius 1 is 0.818 bits per heavy atom. The van der Waals surface area contributed by atoms with Crippen molar-refractivity contribution in [3.63, 3.8) is 0 Å². The van der Waals surface area contributed by atoms with Crippen LogP contribution in [0.25, 0.3) is 0 Å². The molecule has 0 rings (SSSR count). The van der Waals surface area contributed by atoms with E-state index in [1.165, 1.54) is 0 Å². The molecule has 0 atom stereocenters. The lowest BCUT2D eigenvalue weighted by Crippen LogP contribution is -2.63. The number of carbonyl (C=O) groups is 1. The zero-order chi connectivity index (χ0) is 17.8. The summed E-state index contributed by atoms with van der Waals surface area (Å²) < 4.78 is 116. The molecule has 0 aliphatic carbocycles. The number of halogens is 9. The Balaban J connectivity index is 5.00. The summed E-state index contributed by atoms with van der Waals surface area (Å²) in [4.78, 5) is 10.8. The van der Waals surface area contributed by atoms with Crippen LogP contribution in [-0.4, -0.2) is 36.5 Å². The number of hydrogen-bond acceptors (Lipinski definition) is 2. The van der Waals surface area contributed by atoms with Gasteiger partial charge in [0.2, 0.25) is 0 Å². The van der Waals surface area contributed by atoms with E-state index in [9.17, 15) is 44.3 Å². The maximum Gasteiger partial charge on any atom is 0.460 e. The molecule has 0 N–H and O–H groups in total. The van der Waals surface area contributed by atoms with E-state index in [-0.39, 0.29) is 6.42 Å². The van der Waals surface area contributed by atoms with Gasteiger partial charge >= 0.3 is 29.9 Å². The summed E-state index contributed by atoms with van der Waals surface area (Å²) in [5, 5.41) is 0. The van der Waals surface area contributed by atoms with Crippen molar-refractivity contribution < 1.29 is 49.0 Å². The molecule has 0 amide bonds. The van der Waals surface area contributed by atoms with Crippen molar-refractivity contribution in [3.05, 3.63) is 0 Å². The van der Waals surface area contributed by atoms with E-state index < -0.39 is 36.5 Å². The van der Waals surface area contributed by atoms with Gasteiger partial charge in [0.1, 0.15) is 0 Å². The number of unbranched alkanes of at least 4 members (excludes halogenated alkanes) is 3. The van der Waals surface area contributed by atoms with Crippen LogP contribution in [0.5, 0.6) is 0 Å². The molecule has 0 fully saturated rings. The van der Waals surface area contributed by atoms with Crippen LogP contribution in [0.15, 0.2) is 0 Å². The third-order valence-electron chi connectivity index (χ3n) is 2.63. The minimum absolute atomic E-state index is 0.0170. The van der Waals surface area contributed by atoms with Crippen molar-refractivity contribution in [2.24, 2.45) is 0 Å². The first kappa shape index (κ1) is 20.8. The number of hydrogen-bond donors (Lipinski definition) is 0. The van der Waals surface area contributed by atoms with E-state index >= 15 is 0 Å². The normalized spacial score (nSPS) is 14.1. The molecule has 132 valence electrons. The van der Waals surface area contributed by atoms with Gasteiger partial charge in [0, 0.05) is 0 Å². The van der Waals surface area contributed by atoms with Gasteiger partial charge in [-0.2, -0.15) is 39.5 Å². The highest BCUT2D eigenvalue weighted by Crippen LogP contribution is 2.53. The molecule has 22 heavy (non-hydrogen) atoms. The van der Waals surface area contributed by atoms with Gasteiger partial charge < -0.3 is 4.74 Å².